The average Bonchev–Trinajstić information content (AvgIpc) is 3.49. The van der Waals surface area contributed by atoms with Gasteiger partial charge in [0.25, 0.3) is 5.91 Å². The highest BCUT2D eigenvalue weighted by Gasteiger charge is 2.26. The topological polar surface area (TPSA) is 108 Å². The Morgan fingerprint density at radius 2 is 2.07 bits per heavy atom. The van der Waals surface area contributed by atoms with E-state index in [0.717, 1.165) is 24.0 Å². The van der Waals surface area contributed by atoms with Gasteiger partial charge in [-0.2, -0.15) is 0 Å². The van der Waals surface area contributed by atoms with Crippen LogP contribution in [0.4, 0.5) is 5.69 Å². The van der Waals surface area contributed by atoms with E-state index in [-0.39, 0.29) is 24.3 Å². The van der Waals surface area contributed by atoms with E-state index in [1.165, 1.54) is 7.11 Å². The third-order valence-electron chi connectivity index (χ3n) is 4.48. The summed E-state index contributed by atoms with van der Waals surface area (Å²) in [6, 6.07) is 10.8. The van der Waals surface area contributed by atoms with Gasteiger partial charge in [-0.1, -0.05) is 30.3 Å². The lowest BCUT2D eigenvalue weighted by Crippen LogP contribution is -2.26. The number of nitrogens with two attached hydrogens (primary N) is 1. The lowest BCUT2D eigenvalue weighted by atomic mass is 10.00. The van der Waals surface area contributed by atoms with Crippen molar-refractivity contribution in [1.29, 1.82) is 5.41 Å². The Hall–Kier alpha value is -3.12. The van der Waals surface area contributed by atoms with Crippen LogP contribution in [-0.2, 0) is 6.61 Å². The van der Waals surface area contributed by atoms with Gasteiger partial charge in [-0.25, -0.2) is 0 Å². The predicted molar refractivity (Wildman–Crippen MR) is 106 cm³/mol. The van der Waals surface area contributed by atoms with E-state index in [1.54, 1.807) is 24.3 Å². The monoisotopic (exact) mass is 365 g/mol. The van der Waals surface area contributed by atoms with Crippen LogP contribution in [-0.4, -0.2) is 29.9 Å². The highest BCUT2D eigenvalue weighted by atomic mass is 16.5. The molecule has 5 N–H and O–H groups in total. The van der Waals surface area contributed by atoms with Gasteiger partial charge < -0.3 is 26.3 Å². The number of carbonyl (C=O) groups excluding carboxylic acids is 1. The van der Waals surface area contributed by atoms with Crippen molar-refractivity contribution in [3.8, 4) is 5.75 Å². The van der Waals surface area contributed by atoms with Gasteiger partial charge in [-0.05, 0) is 42.2 Å². The van der Waals surface area contributed by atoms with E-state index < -0.39 is 0 Å². The van der Waals surface area contributed by atoms with E-state index in [0.29, 0.717) is 22.6 Å². The van der Waals surface area contributed by atoms with Crippen LogP contribution in [0, 0.1) is 5.41 Å². The van der Waals surface area contributed by atoms with Crippen LogP contribution in [0.25, 0.3) is 6.08 Å². The number of nitrogens with one attached hydrogen (secondary N) is 2. The number of aliphatic hydroxyl groups excluding tert-OH is 1. The normalized spacial score (nSPS) is 13.6. The molecule has 1 amide bonds. The number of aliphatic hydroxyl groups is 1. The van der Waals surface area contributed by atoms with Crippen LogP contribution in [0.1, 0.15) is 39.9 Å². The molecular formula is C21H23N3O3. The van der Waals surface area contributed by atoms with Crippen molar-refractivity contribution >= 4 is 23.4 Å². The minimum atomic E-state index is -0.224. The molecule has 1 aliphatic carbocycles. The maximum Gasteiger partial charge on any atom is 0.255 e. The molecular weight excluding hydrogens is 342 g/mol. The molecule has 6 heteroatoms. The number of ether oxygens (including phenoxy) is 1. The summed E-state index contributed by atoms with van der Waals surface area (Å²) in [6.45, 7) is -0.0872. The number of nitrogen functional groups attached to an aromatic ring is 1. The van der Waals surface area contributed by atoms with E-state index in [1.807, 2.05) is 24.3 Å². The van der Waals surface area contributed by atoms with Crippen molar-refractivity contribution in [2.75, 3.05) is 12.8 Å². The first-order chi connectivity index (χ1) is 13.0. The second kappa shape index (κ2) is 8.05. The van der Waals surface area contributed by atoms with Crippen LogP contribution in [0.2, 0.25) is 0 Å². The van der Waals surface area contributed by atoms with Gasteiger partial charge in [0.2, 0.25) is 0 Å². The number of hydrogen-bond acceptors (Lipinski definition) is 5. The van der Waals surface area contributed by atoms with E-state index in [4.69, 9.17) is 15.9 Å². The first-order valence-electron chi connectivity index (χ1n) is 8.78. The molecule has 140 valence electrons. The molecule has 0 aromatic heterocycles. The fourth-order valence-corrected chi connectivity index (χ4v) is 2.85. The molecule has 0 bridgehead atoms. The molecule has 2 aromatic rings. The van der Waals surface area contributed by atoms with Crippen molar-refractivity contribution in [2.24, 2.45) is 0 Å². The van der Waals surface area contributed by atoms with Gasteiger partial charge in [0, 0.05) is 11.7 Å². The third-order valence-corrected chi connectivity index (χ3v) is 4.48. The van der Waals surface area contributed by atoms with E-state index in [2.05, 4.69) is 5.32 Å². The molecule has 1 fully saturated rings. The third kappa shape index (κ3) is 4.17. The number of allylic oxidation sites excluding steroid dienone is 1. The zero-order valence-electron chi connectivity index (χ0n) is 15.2. The molecule has 1 saturated carbocycles. The first-order valence-corrected chi connectivity index (χ1v) is 8.78. The fraction of sp³-hybridized carbons (Fsp3) is 0.238. The van der Waals surface area contributed by atoms with Gasteiger partial charge in [0.1, 0.15) is 5.75 Å². The average molecular weight is 365 g/mol. The van der Waals surface area contributed by atoms with Gasteiger partial charge in [-0.3, -0.25) is 4.79 Å². The minimum Gasteiger partial charge on any atom is -0.495 e. The summed E-state index contributed by atoms with van der Waals surface area (Å²) in [7, 11) is 1.46. The quantitative estimate of drug-likeness (QED) is 0.447. The van der Waals surface area contributed by atoms with Crippen molar-refractivity contribution in [1.82, 2.24) is 5.32 Å². The number of amides is 1. The minimum absolute atomic E-state index is 0.0872. The molecule has 2 aromatic carbocycles. The Balaban J connectivity index is 1.93. The van der Waals surface area contributed by atoms with Crippen molar-refractivity contribution in [2.45, 2.75) is 25.5 Å². The molecule has 0 heterocycles. The van der Waals surface area contributed by atoms with E-state index >= 15 is 0 Å². The SMILES string of the molecule is COc1c(C(=O)NC2CC2)ccc(N)c1C(=N)/C=C/c1ccccc1CO. The Morgan fingerprint density at radius 3 is 2.74 bits per heavy atom. The summed E-state index contributed by atoms with van der Waals surface area (Å²) >= 11 is 0. The molecule has 6 nitrogen and oxygen atoms in total. The molecule has 27 heavy (non-hydrogen) atoms. The summed E-state index contributed by atoms with van der Waals surface area (Å²) in [5.74, 6) is 0.0660. The molecule has 0 saturated heterocycles. The molecule has 0 aliphatic heterocycles. The maximum atomic E-state index is 12.5. The second-order valence-electron chi connectivity index (χ2n) is 6.46. The second-order valence-corrected chi connectivity index (χ2v) is 6.46. The first kappa shape index (κ1) is 18.7. The molecule has 0 radical (unpaired) electrons. The predicted octanol–water partition coefficient (Wildman–Crippen LogP) is 2.74. The zero-order valence-corrected chi connectivity index (χ0v) is 15.2. The Bertz CT molecular complexity index is 902. The Kier molecular flexibility index (Phi) is 5.57. The number of methoxy groups -OCH3 is 1. The largest absolute Gasteiger partial charge is 0.495 e. The zero-order chi connectivity index (χ0) is 19.4. The molecule has 0 unspecified atom stereocenters. The number of anilines is 1. The van der Waals surface area contributed by atoms with Gasteiger partial charge in [-0.15, -0.1) is 0 Å². The van der Waals surface area contributed by atoms with Crippen LogP contribution in [0.5, 0.6) is 5.75 Å². The standard InChI is InChI=1S/C21H23N3O3/c1-27-20-16(21(26)24-15-7-8-15)9-11-18(23)19(20)17(22)10-6-13-4-2-3-5-14(13)12-25/h2-6,9-11,15,22,25H,7-8,12,23H2,1H3,(H,24,26)/b10-6+,22-17?. The van der Waals surface area contributed by atoms with Crippen LogP contribution >= 0.6 is 0 Å². The van der Waals surface area contributed by atoms with Crippen molar-refractivity contribution in [3.63, 3.8) is 0 Å². The molecule has 0 spiro atoms. The van der Waals surface area contributed by atoms with Crippen molar-refractivity contribution in [3.05, 3.63) is 64.7 Å². The number of hydrogen-bond donors (Lipinski definition) is 4. The smallest absolute Gasteiger partial charge is 0.255 e. The lowest BCUT2D eigenvalue weighted by molar-refractivity contribution is 0.0948. The number of benzene rings is 2. The Labute approximate surface area is 158 Å². The summed E-state index contributed by atoms with van der Waals surface area (Å²) in [4.78, 5) is 12.5. The number of carbonyl (C=O) groups is 1. The highest BCUT2D eigenvalue weighted by molar-refractivity contribution is 6.15. The fourth-order valence-electron chi connectivity index (χ4n) is 2.85. The van der Waals surface area contributed by atoms with Crippen LogP contribution in [0.3, 0.4) is 0 Å². The lowest BCUT2D eigenvalue weighted by Gasteiger charge is -2.15. The number of rotatable bonds is 7. The molecule has 1 aliphatic rings. The van der Waals surface area contributed by atoms with Gasteiger partial charge in [0.05, 0.1) is 30.6 Å². The molecule has 3 rings (SSSR count). The maximum absolute atomic E-state index is 12.5. The summed E-state index contributed by atoms with van der Waals surface area (Å²) in [5, 5.41) is 20.8. The summed E-state index contributed by atoms with van der Waals surface area (Å²) < 4.78 is 5.44. The van der Waals surface area contributed by atoms with Crippen LogP contribution in [0.15, 0.2) is 42.5 Å². The van der Waals surface area contributed by atoms with Crippen LogP contribution < -0.4 is 15.8 Å². The van der Waals surface area contributed by atoms with Gasteiger partial charge >= 0.3 is 0 Å². The Morgan fingerprint density at radius 1 is 1.33 bits per heavy atom. The van der Waals surface area contributed by atoms with Gasteiger partial charge in [0.15, 0.2) is 0 Å². The summed E-state index contributed by atoms with van der Waals surface area (Å²) in [6.07, 6.45) is 5.30. The van der Waals surface area contributed by atoms with E-state index in [9.17, 15) is 9.90 Å². The highest BCUT2D eigenvalue weighted by Crippen LogP contribution is 2.31. The van der Waals surface area contributed by atoms with Crippen molar-refractivity contribution < 1.29 is 14.6 Å². The molecule has 0 atom stereocenters. The summed E-state index contributed by atoms with van der Waals surface area (Å²) in [5.41, 5.74) is 8.87.